The molecule has 30 heavy (non-hydrogen) atoms. The SMILES string of the molecule is COC(=O)[C@H](Cc1ccc(O)cc1)NC(=O)C(Nc1ccc(OC)cc1)C(F)(F)F. The molecule has 0 bridgehead atoms. The number of benzene rings is 2. The number of anilines is 1. The van der Waals surface area contributed by atoms with Gasteiger partial charge >= 0.3 is 12.1 Å². The van der Waals surface area contributed by atoms with Gasteiger partial charge in [0.25, 0.3) is 5.91 Å². The first-order valence-corrected chi connectivity index (χ1v) is 8.77. The first-order chi connectivity index (χ1) is 14.1. The zero-order chi connectivity index (χ0) is 22.3. The van der Waals surface area contributed by atoms with Gasteiger partial charge < -0.3 is 25.2 Å². The summed E-state index contributed by atoms with van der Waals surface area (Å²) in [6.07, 6.45) is -5.05. The van der Waals surface area contributed by atoms with Crippen molar-refractivity contribution in [1.29, 1.82) is 0 Å². The number of methoxy groups -OCH3 is 2. The summed E-state index contributed by atoms with van der Waals surface area (Å²) in [5, 5.41) is 13.5. The number of phenols is 1. The van der Waals surface area contributed by atoms with E-state index < -0.39 is 30.1 Å². The molecule has 0 aliphatic rings. The Kier molecular flexibility index (Phi) is 7.51. The Labute approximate surface area is 170 Å². The molecule has 2 aromatic carbocycles. The predicted octanol–water partition coefficient (Wildman–Crippen LogP) is 2.64. The first-order valence-electron chi connectivity index (χ1n) is 8.77. The fraction of sp³-hybridized carbons (Fsp3) is 0.300. The van der Waals surface area contributed by atoms with Gasteiger partial charge in [-0.05, 0) is 42.0 Å². The van der Waals surface area contributed by atoms with Crippen LogP contribution in [0, 0.1) is 0 Å². The second-order valence-corrected chi connectivity index (χ2v) is 6.30. The summed E-state index contributed by atoms with van der Waals surface area (Å²) in [7, 11) is 2.48. The summed E-state index contributed by atoms with van der Waals surface area (Å²) >= 11 is 0. The van der Waals surface area contributed by atoms with Gasteiger partial charge in [0.05, 0.1) is 14.2 Å². The number of amides is 1. The summed E-state index contributed by atoms with van der Waals surface area (Å²) in [5.41, 5.74) is 0.552. The van der Waals surface area contributed by atoms with Gasteiger partial charge in [0.2, 0.25) is 6.04 Å². The number of hydrogen-bond donors (Lipinski definition) is 3. The summed E-state index contributed by atoms with van der Waals surface area (Å²) in [5.74, 6) is -1.92. The Morgan fingerprint density at radius 3 is 2.13 bits per heavy atom. The molecule has 7 nitrogen and oxygen atoms in total. The van der Waals surface area contributed by atoms with Gasteiger partial charge in [-0.3, -0.25) is 4.79 Å². The normalized spacial score (nSPS) is 13.1. The monoisotopic (exact) mass is 426 g/mol. The second kappa shape index (κ2) is 9.86. The van der Waals surface area contributed by atoms with E-state index in [1.807, 2.05) is 0 Å². The number of ether oxygens (including phenoxy) is 2. The molecule has 0 heterocycles. The van der Waals surface area contributed by atoms with Crippen LogP contribution in [0.4, 0.5) is 18.9 Å². The Bertz CT molecular complexity index is 854. The van der Waals surface area contributed by atoms with E-state index in [0.29, 0.717) is 11.3 Å². The lowest BCUT2D eigenvalue weighted by molar-refractivity contribution is -0.162. The van der Waals surface area contributed by atoms with Gasteiger partial charge in [0.15, 0.2) is 0 Å². The minimum Gasteiger partial charge on any atom is -0.508 e. The second-order valence-electron chi connectivity index (χ2n) is 6.30. The number of carbonyl (C=O) groups excluding carboxylic acids is 2. The van der Waals surface area contributed by atoms with E-state index in [0.717, 1.165) is 7.11 Å². The maximum absolute atomic E-state index is 13.5. The Balaban J connectivity index is 2.18. The van der Waals surface area contributed by atoms with Crippen molar-refractivity contribution in [2.24, 2.45) is 0 Å². The maximum Gasteiger partial charge on any atom is 0.417 e. The van der Waals surface area contributed by atoms with Crippen LogP contribution in [0.1, 0.15) is 5.56 Å². The van der Waals surface area contributed by atoms with E-state index in [9.17, 15) is 27.9 Å². The maximum atomic E-state index is 13.5. The summed E-state index contributed by atoms with van der Waals surface area (Å²) in [6, 6.07) is 7.27. The average molecular weight is 426 g/mol. The van der Waals surface area contributed by atoms with Crippen molar-refractivity contribution in [3.63, 3.8) is 0 Å². The molecule has 0 fully saturated rings. The van der Waals surface area contributed by atoms with Crippen LogP contribution >= 0.6 is 0 Å². The third-order valence-corrected chi connectivity index (χ3v) is 4.17. The molecule has 3 N–H and O–H groups in total. The minimum absolute atomic E-state index is 0.0155. The Morgan fingerprint density at radius 1 is 1.03 bits per heavy atom. The topological polar surface area (TPSA) is 96.9 Å². The molecule has 1 unspecified atom stereocenters. The highest BCUT2D eigenvalue weighted by molar-refractivity contribution is 5.90. The minimum atomic E-state index is -4.93. The lowest BCUT2D eigenvalue weighted by Gasteiger charge is -2.24. The zero-order valence-corrected chi connectivity index (χ0v) is 16.2. The molecule has 2 rings (SSSR count). The molecular weight excluding hydrogens is 405 g/mol. The summed E-state index contributed by atoms with van der Waals surface area (Å²) in [4.78, 5) is 24.4. The van der Waals surface area contributed by atoms with Gasteiger partial charge in [-0.15, -0.1) is 0 Å². The fourth-order valence-electron chi connectivity index (χ4n) is 2.61. The van der Waals surface area contributed by atoms with Crippen LogP contribution in [0.2, 0.25) is 0 Å². The molecular formula is C20H21F3N2O5. The molecule has 0 saturated carbocycles. The van der Waals surface area contributed by atoms with Crippen molar-refractivity contribution in [2.45, 2.75) is 24.7 Å². The van der Waals surface area contributed by atoms with Crippen LogP contribution in [0.3, 0.4) is 0 Å². The van der Waals surface area contributed by atoms with Crippen molar-refractivity contribution in [2.75, 3.05) is 19.5 Å². The lowest BCUT2D eigenvalue weighted by Crippen LogP contribution is -2.54. The van der Waals surface area contributed by atoms with Crippen LogP contribution in [-0.2, 0) is 20.7 Å². The molecule has 0 aliphatic heterocycles. The smallest absolute Gasteiger partial charge is 0.417 e. The van der Waals surface area contributed by atoms with Crippen LogP contribution in [0.15, 0.2) is 48.5 Å². The van der Waals surface area contributed by atoms with E-state index in [4.69, 9.17) is 4.74 Å². The Morgan fingerprint density at radius 2 is 1.63 bits per heavy atom. The van der Waals surface area contributed by atoms with Crippen molar-refractivity contribution in [3.05, 3.63) is 54.1 Å². The summed E-state index contributed by atoms with van der Waals surface area (Å²) in [6.45, 7) is 0. The molecule has 0 aliphatic carbocycles. The van der Waals surface area contributed by atoms with E-state index >= 15 is 0 Å². The van der Waals surface area contributed by atoms with Gasteiger partial charge in [-0.1, -0.05) is 12.1 Å². The highest BCUT2D eigenvalue weighted by Crippen LogP contribution is 2.25. The van der Waals surface area contributed by atoms with E-state index in [1.165, 1.54) is 55.6 Å². The van der Waals surface area contributed by atoms with Crippen molar-refractivity contribution in [3.8, 4) is 11.5 Å². The highest BCUT2D eigenvalue weighted by atomic mass is 19.4. The third-order valence-electron chi connectivity index (χ3n) is 4.17. The summed E-state index contributed by atoms with van der Waals surface area (Å²) < 4.78 is 50.1. The largest absolute Gasteiger partial charge is 0.508 e. The van der Waals surface area contributed by atoms with E-state index in [-0.39, 0.29) is 17.9 Å². The molecule has 0 saturated heterocycles. The zero-order valence-electron chi connectivity index (χ0n) is 16.2. The van der Waals surface area contributed by atoms with Crippen molar-refractivity contribution < 1.29 is 37.3 Å². The van der Waals surface area contributed by atoms with Gasteiger partial charge in [-0.2, -0.15) is 13.2 Å². The van der Waals surface area contributed by atoms with Crippen molar-refractivity contribution in [1.82, 2.24) is 5.32 Å². The molecule has 2 aromatic rings. The molecule has 0 radical (unpaired) electrons. The molecule has 1 amide bonds. The molecule has 0 aromatic heterocycles. The number of hydrogen-bond acceptors (Lipinski definition) is 6. The molecule has 0 spiro atoms. The lowest BCUT2D eigenvalue weighted by atomic mass is 10.1. The average Bonchev–Trinajstić information content (AvgIpc) is 2.72. The number of aromatic hydroxyl groups is 1. The molecule has 2 atom stereocenters. The van der Waals surface area contributed by atoms with Crippen molar-refractivity contribution >= 4 is 17.6 Å². The highest BCUT2D eigenvalue weighted by Gasteiger charge is 2.46. The number of carbonyl (C=O) groups is 2. The number of halogens is 3. The van der Waals surface area contributed by atoms with Crippen LogP contribution < -0.4 is 15.4 Å². The molecule has 162 valence electrons. The van der Waals surface area contributed by atoms with E-state index in [2.05, 4.69) is 15.4 Å². The van der Waals surface area contributed by atoms with Crippen LogP contribution in [0.5, 0.6) is 11.5 Å². The third kappa shape index (κ3) is 6.29. The molecule has 10 heteroatoms. The van der Waals surface area contributed by atoms with Gasteiger partial charge in [-0.25, -0.2) is 4.79 Å². The number of esters is 1. The predicted molar refractivity (Wildman–Crippen MR) is 102 cm³/mol. The van der Waals surface area contributed by atoms with Gasteiger partial charge in [0.1, 0.15) is 17.5 Å². The van der Waals surface area contributed by atoms with Crippen LogP contribution in [-0.4, -0.2) is 49.5 Å². The van der Waals surface area contributed by atoms with E-state index in [1.54, 1.807) is 0 Å². The number of alkyl halides is 3. The van der Waals surface area contributed by atoms with Crippen LogP contribution in [0.25, 0.3) is 0 Å². The fourth-order valence-corrected chi connectivity index (χ4v) is 2.61. The Hall–Kier alpha value is -3.43. The quantitative estimate of drug-likeness (QED) is 0.562. The number of phenolic OH excluding ortho intramolecular Hbond substituents is 1. The number of rotatable bonds is 8. The van der Waals surface area contributed by atoms with Gasteiger partial charge in [0, 0.05) is 12.1 Å². The first kappa shape index (κ1) is 22.9. The number of nitrogens with one attached hydrogen (secondary N) is 2. The standard InChI is InChI=1S/C20H21F3N2O5/c1-29-15-9-5-13(6-10-15)24-17(20(21,22)23)18(27)25-16(19(28)30-2)11-12-3-7-14(26)8-4-12/h3-10,16-17,24,26H,11H2,1-2H3,(H,25,27)/t16-,17?/m0/s1.